The molecular formula is C29H34N2O5. The Balaban J connectivity index is 1.61. The second-order valence-corrected chi connectivity index (χ2v) is 9.83. The first-order chi connectivity index (χ1) is 17.3. The Labute approximate surface area is 211 Å². The van der Waals surface area contributed by atoms with Gasteiger partial charge in [-0.2, -0.15) is 0 Å². The zero-order valence-electron chi connectivity index (χ0n) is 21.2. The lowest BCUT2D eigenvalue weighted by atomic mass is 10.1. The van der Waals surface area contributed by atoms with Gasteiger partial charge in [-0.05, 0) is 37.5 Å². The van der Waals surface area contributed by atoms with Crippen molar-refractivity contribution in [2.75, 3.05) is 19.7 Å². The van der Waals surface area contributed by atoms with Gasteiger partial charge in [-0.15, -0.1) is 0 Å². The SMILES string of the molecule is Cc1ccc2occ(CN(Cc3ccccc3)C(=O)CN(CC3CCCO3)C(=O)C(C)C)c(=O)c2c1. The highest BCUT2D eigenvalue weighted by Crippen LogP contribution is 2.18. The highest BCUT2D eigenvalue weighted by molar-refractivity contribution is 5.86. The third-order valence-electron chi connectivity index (χ3n) is 6.51. The van der Waals surface area contributed by atoms with E-state index in [0.29, 0.717) is 36.2 Å². The normalized spacial score (nSPS) is 15.4. The zero-order chi connectivity index (χ0) is 25.7. The molecule has 7 heteroatoms. The first kappa shape index (κ1) is 25.6. The number of nitrogens with zero attached hydrogens (tertiary/aromatic N) is 2. The van der Waals surface area contributed by atoms with Crippen molar-refractivity contribution in [1.82, 2.24) is 9.80 Å². The molecule has 1 unspecified atom stereocenters. The standard InChI is InChI=1S/C29H34N2O5/c1-20(2)29(34)31(17-24-10-7-13-35-24)18-27(32)30(15-22-8-5-4-6-9-22)16-23-19-36-26-12-11-21(3)14-25(26)28(23)33/h4-6,8-9,11-12,14,19-20,24H,7,10,13,15-18H2,1-3H3. The van der Waals surface area contributed by atoms with Gasteiger partial charge in [-0.25, -0.2) is 0 Å². The van der Waals surface area contributed by atoms with Crippen molar-refractivity contribution in [3.63, 3.8) is 0 Å². The Morgan fingerprint density at radius 3 is 2.53 bits per heavy atom. The summed E-state index contributed by atoms with van der Waals surface area (Å²) >= 11 is 0. The lowest BCUT2D eigenvalue weighted by Gasteiger charge is -2.30. The van der Waals surface area contributed by atoms with Gasteiger partial charge in [-0.1, -0.05) is 55.8 Å². The van der Waals surface area contributed by atoms with Crippen molar-refractivity contribution in [2.24, 2.45) is 5.92 Å². The minimum atomic E-state index is -0.238. The fourth-order valence-electron chi connectivity index (χ4n) is 4.53. The van der Waals surface area contributed by atoms with E-state index in [1.54, 1.807) is 21.9 Å². The maximum atomic E-state index is 13.7. The zero-order valence-corrected chi connectivity index (χ0v) is 21.2. The molecule has 2 aromatic carbocycles. The summed E-state index contributed by atoms with van der Waals surface area (Å²) < 4.78 is 11.5. The van der Waals surface area contributed by atoms with Crippen LogP contribution in [0.15, 0.2) is 64.0 Å². The van der Waals surface area contributed by atoms with Crippen LogP contribution < -0.4 is 5.43 Å². The number of ether oxygens (including phenoxy) is 1. The number of aryl methyl sites for hydroxylation is 1. The first-order valence-corrected chi connectivity index (χ1v) is 12.5. The summed E-state index contributed by atoms with van der Waals surface area (Å²) in [6, 6.07) is 15.1. The fraction of sp³-hybridized carbons (Fsp3) is 0.414. The Kier molecular flexibility index (Phi) is 8.21. The van der Waals surface area contributed by atoms with Crippen molar-refractivity contribution in [3.05, 3.63) is 81.7 Å². The lowest BCUT2D eigenvalue weighted by Crippen LogP contribution is -2.46. The van der Waals surface area contributed by atoms with Crippen LogP contribution in [-0.2, 0) is 27.4 Å². The summed E-state index contributed by atoms with van der Waals surface area (Å²) in [6.07, 6.45) is 3.22. The molecule has 0 radical (unpaired) electrons. The second kappa shape index (κ2) is 11.5. The molecule has 1 fully saturated rings. The van der Waals surface area contributed by atoms with Gasteiger partial charge in [0, 0.05) is 25.6 Å². The summed E-state index contributed by atoms with van der Waals surface area (Å²) in [4.78, 5) is 43.1. The Hall–Kier alpha value is -3.45. The summed E-state index contributed by atoms with van der Waals surface area (Å²) in [5, 5.41) is 0.495. The minimum absolute atomic E-state index is 0.0566. The summed E-state index contributed by atoms with van der Waals surface area (Å²) in [5.41, 5.74) is 2.66. The summed E-state index contributed by atoms with van der Waals surface area (Å²) in [6.45, 7) is 6.99. The molecule has 0 saturated carbocycles. The Morgan fingerprint density at radius 1 is 1.06 bits per heavy atom. The molecule has 1 aromatic heterocycles. The van der Waals surface area contributed by atoms with Gasteiger partial charge in [0.15, 0.2) is 5.43 Å². The van der Waals surface area contributed by atoms with Crippen LogP contribution in [0.3, 0.4) is 0 Å². The topological polar surface area (TPSA) is 80.1 Å². The van der Waals surface area contributed by atoms with E-state index in [0.717, 1.165) is 24.0 Å². The molecule has 1 aliphatic heterocycles. The van der Waals surface area contributed by atoms with Crippen molar-refractivity contribution < 1.29 is 18.7 Å². The molecule has 2 amide bonds. The van der Waals surface area contributed by atoms with E-state index >= 15 is 0 Å². The van der Waals surface area contributed by atoms with Crippen LogP contribution in [0.4, 0.5) is 0 Å². The summed E-state index contributed by atoms with van der Waals surface area (Å²) in [5.74, 6) is -0.550. The number of carbonyl (C=O) groups is 2. The predicted molar refractivity (Wildman–Crippen MR) is 138 cm³/mol. The number of benzene rings is 2. The first-order valence-electron chi connectivity index (χ1n) is 12.5. The quantitative estimate of drug-likeness (QED) is 0.447. The number of amides is 2. The van der Waals surface area contributed by atoms with Crippen LogP contribution in [0.2, 0.25) is 0 Å². The Morgan fingerprint density at radius 2 is 1.83 bits per heavy atom. The second-order valence-electron chi connectivity index (χ2n) is 9.83. The molecular weight excluding hydrogens is 456 g/mol. The van der Waals surface area contributed by atoms with E-state index in [-0.39, 0.29) is 42.4 Å². The van der Waals surface area contributed by atoms with Crippen LogP contribution in [-0.4, -0.2) is 47.4 Å². The molecule has 1 aliphatic rings. The molecule has 1 atom stereocenters. The van der Waals surface area contributed by atoms with Crippen LogP contribution >= 0.6 is 0 Å². The molecule has 0 aliphatic carbocycles. The molecule has 190 valence electrons. The van der Waals surface area contributed by atoms with Gasteiger partial charge in [0.1, 0.15) is 5.58 Å². The smallest absolute Gasteiger partial charge is 0.242 e. The van der Waals surface area contributed by atoms with Crippen molar-refractivity contribution in [3.8, 4) is 0 Å². The third kappa shape index (κ3) is 6.21. The average Bonchev–Trinajstić information content (AvgIpc) is 3.38. The van der Waals surface area contributed by atoms with E-state index in [4.69, 9.17) is 9.15 Å². The highest BCUT2D eigenvalue weighted by Gasteiger charge is 2.28. The molecule has 0 spiro atoms. The molecule has 0 bridgehead atoms. The molecule has 1 saturated heterocycles. The van der Waals surface area contributed by atoms with Crippen molar-refractivity contribution in [1.29, 1.82) is 0 Å². The molecule has 3 aromatic rings. The van der Waals surface area contributed by atoms with Gasteiger partial charge >= 0.3 is 0 Å². The summed E-state index contributed by atoms with van der Waals surface area (Å²) in [7, 11) is 0. The monoisotopic (exact) mass is 490 g/mol. The Bertz CT molecular complexity index is 1260. The molecule has 2 heterocycles. The van der Waals surface area contributed by atoms with Crippen LogP contribution in [0.5, 0.6) is 0 Å². The van der Waals surface area contributed by atoms with E-state index in [9.17, 15) is 14.4 Å². The van der Waals surface area contributed by atoms with Crippen LogP contribution in [0.1, 0.15) is 43.4 Å². The number of fused-ring (bicyclic) bond motifs is 1. The van der Waals surface area contributed by atoms with E-state index in [2.05, 4.69) is 0 Å². The van der Waals surface area contributed by atoms with E-state index in [1.165, 1.54) is 6.26 Å². The maximum Gasteiger partial charge on any atom is 0.242 e. The third-order valence-corrected chi connectivity index (χ3v) is 6.51. The average molecular weight is 491 g/mol. The number of hydrogen-bond acceptors (Lipinski definition) is 5. The van der Waals surface area contributed by atoms with Gasteiger partial charge in [0.2, 0.25) is 11.8 Å². The van der Waals surface area contributed by atoms with Crippen LogP contribution in [0, 0.1) is 12.8 Å². The van der Waals surface area contributed by atoms with Crippen molar-refractivity contribution >= 4 is 22.8 Å². The maximum absolute atomic E-state index is 13.7. The van der Waals surface area contributed by atoms with Crippen molar-refractivity contribution in [2.45, 2.75) is 52.8 Å². The lowest BCUT2D eigenvalue weighted by molar-refractivity contribution is -0.144. The largest absolute Gasteiger partial charge is 0.464 e. The van der Waals surface area contributed by atoms with Gasteiger partial charge in [0.05, 0.1) is 36.4 Å². The van der Waals surface area contributed by atoms with E-state index in [1.807, 2.05) is 57.2 Å². The van der Waals surface area contributed by atoms with Crippen LogP contribution in [0.25, 0.3) is 11.0 Å². The minimum Gasteiger partial charge on any atom is -0.464 e. The number of rotatable bonds is 9. The fourth-order valence-corrected chi connectivity index (χ4v) is 4.53. The van der Waals surface area contributed by atoms with Gasteiger partial charge < -0.3 is 19.0 Å². The van der Waals surface area contributed by atoms with Gasteiger partial charge in [0.25, 0.3) is 0 Å². The molecule has 0 N–H and O–H groups in total. The predicted octanol–water partition coefficient (Wildman–Crippen LogP) is 4.29. The molecule has 36 heavy (non-hydrogen) atoms. The number of carbonyl (C=O) groups excluding carboxylic acids is 2. The number of hydrogen-bond donors (Lipinski definition) is 0. The van der Waals surface area contributed by atoms with E-state index < -0.39 is 0 Å². The highest BCUT2D eigenvalue weighted by atomic mass is 16.5. The molecule has 4 rings (SSSR count). The van der Waals surface area contributed by atoms with Gasteiger partial charge in [-0.3, -0.25) is 14.4 Å². The molecule has 7 nitrogen and oxygen atoms in total.